The fraction of sp³-hybridized carbons (Fsp3) is 0.214. The smallest absolute Gasteiger partial charge is 0.160 e. The summed E-state index contributed by atoms with van der Waals surface area (Å²) in [5, 5.41) is 8.79. The van der Waals surface area contributed by atoms with Crippen molar-refractivity contribution < 1.29 is 0 Å². The van der Waals surface area contributed by atoms with Gasteiger partial charge in [0.05, 0.1) is 0 Å². The normalized spacial score (nSPS) is 10.2. The zero-order chi connectivity index (χ0) is 12.3. The van der Waals surface area contributed by atoms with E-state index >= 15 is 0 Å². The molecule has 0 aliphatic rings. The summed E-state index contributed by atoms with van der Waals surface area (Å²) in [4.78, 5) is 8.33. The van der Waals surface area contributed by atoms with Gasteiger partial charge in [0.25, 0.3) is 0 Å². The van der Waals surface area contributed by atoms with E-state index in [0.29, 0.717) is 17.4 Å². The third-order valence-corrected chi connectivity index (χ3v) is 2.61. The van der Waals surface area contributed by atoms with Gasteiger partial charge in [-0.15, -0.1) is 0 Å². The summed E-state index contributed by atoms with van der Waals surface area (Å²) in [7, 11) is 0. The van der Waals surface area contributed by atoms with Gasteiger partial charge in [0, 0.05) is 11.8 Å². The molecule has 2 aromatic rings. The molecule has 0 saturated carbocycles. The van der Waals surface area contributed by atoms with Crippen LogP contribution in [0.5, 0.6) is 0 Å². The summed E-state index contributed by atoms with van der Waals surface area (Å²) in [6, 6.07) is 11.7. The Morgan fingerprint density at radius 2 is 1.82 bits per heavy atom. The summed E-state index contributed by atoms with van der Waals surface area (Å²) in [5.74, 6) is 1.11. The van der Waals surface area contributed by atoms with Crippen molar-refractivity contribution >= 4 is 0 Å². The highest BCUT2D eigenvalue weighted by Crippen LogP contribution is 2.19. The minimum absolute atomic E-state index is 0.392. The lowest BCUT2D eigenvalue weighted by Crippen LogP contribution is -1.92. The molecule has 84 valence electrons. The summed E-state index contributed by atoms with van der Waals surface area (Å²) >= 11 is 0. The van der Waals surface area contributed by atoms with Crippen molar-refractivity contribution in [2.24, 2.45) is 0 Å². The van der Waals surface area contributed by atoms with Crippen molar-refractivity contribution in [3.05, 3.63) is 47.8 Å². The van der Waals surface area contributed by atoms with Crippen LogP contribution in [0.4, 0.5) is 0 Å². The molecule has 3 heteroatoms. The third kappa shape index (κ3) is 2.48. The molecule has 3 nitrogen and oxygen atoms in total. The van der Waals surface area contributed by atoms with Crippen LogP contribution < -0.4 is 0 Å². The Morgan fingerprint density at radius 3 is 2.41 bits per heavy atom. The molecule has 2 rings (SSSR count). The van der Waals surface area contributed by atoms with Crippen LogP contribution in [-0.2, 0) is 0 Å². The number of aromatic nitrogens is 2. The van der Waals surface area contributed by atoms with Gasteiger partial charge in [-0.3, -0.25) is 0 Å². The number of hydrogen-bond donors (Lipinski definition) is 0. The van der Waals surface area contributed by atoms with Crippen molar-refractivity contribution in [3.63, 3.8) is 0 Å². The van der Waals surface area contributed by atoms with E-state index in [9.17, 15) is 0 Å². The van der Waals surface area contributed by atoms with E-state index in [1.165, 1.54) is 5.56 Å². The van der Waals surface area contributed by atoms with Crippen LogP contribution in [-0.4, -0.2) is 9.97 Å². The number of nitrogens with zero attached hydrogens (tertiary/aromatic N) is 3. The molecule has 0 N–H and O–H groups in total. The molecule has 0 saturated heterocycles. The molecule has 1 aromatic heterocycles. The first-order valence-corrected chi connectivity index (χ1v) is 5.54. The Bertz CT molecular complexity index is 550. The quantitative estimate of drug-likeness (QED) is 0.785. The molecule has 1 aromatic carbocycles. The third-order valence-electron chi connectivity index (χ3n) is 2.61. The van der Waals surface area contributed by atoms with E-state index in [-0.39, 0.29) is 0 Å². The average molecular weight is 223 g/mol. The van der Waals surface area contributed by atoms with E-state index in [4.69, 9.17) is 5.26 Å². The fourth-order valence-corrected chi connectivity index (χ4v) is 1.58. The molecule has 0 unspecified atom stereocenters. The van der Waals surface area contributed by atoms with Crippen LogP contribution in [0.3, 0.4) is 0 Å². The molecular weight excluding hydrogens is 210 g/mol. The number of benzene rings is 1. The van der Waals surface area contributed by atoms with E-state index in [0.717, 1.165) is 5.56 Å². The van der Waals surface area contributed by atoms with Crippen molar-refractivity contribution in [1.82, 2.24) is 9.97 Å². The zero-order valence-corrected chi connectivity index (χ0v) is 9.88. The molecule has 0 amide bonds. The van der Waals surface area contributed by atoms with Crippen LogP contribution in [0.1, 0.15) is 31.0 Å². The number of rotatable bonds is 2. The molecule has 0 radical (unpaired) electrons. The maximum absolute atomic E-state index is 8.79. The van der Waals surface area contributed by atoms with Gasteiger partial charge in [0.2, 0.25) is 0 Å². The standard InChI is InChI=1S/C14H13N3/c1-10(2)11-3-5-12(6-4-11)14-16-8-7-13(9-15)17-14/h3-8,10H,1-2H3. The fourth-order valence-electron chi connectivity index (χ4n) is 1.58. The molecule has 0 aliphatic carbocycles. The summed E-state index contributed by atoms with van der Waals surface area (Å²) in [5.41, 5.74) is 2.61. The number of hydrogen-bond acceptors (Lipinski definition) is 3. The molecule has 0 spiro atoms. The lowest BCUT2D eigenvalue weighted by Gasteiger charge is -2.06. The number of nitriles is 1. The van der Waals surface area contributed by atoms with Gasteiger partial charge in [0.1, 0.15) is 11.8 Å². The Balaban J connectivity index is 2.37. The zero-order valence-electron chi connectivity index (χ0n) is 9.88. The highest BCUT2D eigenvalue weighted by Gasteiger charge is 2.03. The lowest BCUT2D eigenvalue weighted by molar-refractivity contribution is 0.867. The predicted molar refractivity (Wildman–Crippen MR) is 66.3 cm³/mol. The topological polar surface area (TPSA) is 49.6 Å². The summed E-state index contributed by atoms with van der Waals surface area (Å²) < 4.78 is 0. The van der Waals surface area contributed by atoms with Gasteiger partial charge in [0.15, 0.2) is 5.82 Å². The molecule has 0 bridgehead atoms. The first-order chi connectivity index (χ1) is 8.20. The Labute approximate surface area is 101 Å². The molecular formula is C14H13N3. The Kier molecular flexibility index (Phi) is 3.15. The maximum atomic E-state index is 8.79. The highest BCUT2D eigenvalue weighted by molar-refractivity contribution is 5.55. The van der Waals surface area contributed by atoms with Crippen molar-refractivity contribution in [2.45, 2.75) is 19.8 Å². The van der Waals surface area contributed by atoms with Crippen LogP contribution in [0.2, 0.25) is 0 Å². The molecule has 17 heavy (non-hydrogen) atoms. The molecule has 0 fully saturated rings. The second-order valence-electron chi connectivity index (χ2n) is 4.15. The van der Waals surface area contributed by atoms with Crippen LogP contribution >= 0.6 is 0 Å². The van der Waals surface area contributed by atoms with E-state index in [2.05, 4.69) is 35.9 Å². The molecule has 0 atom stereocenters. The van der Waals surface area contributed by atoms with Crippen molar-refractivity contribution in [2.75, 3.05) is 0 Å². The highest BCUT2D eigenvalue weighted by atomic mass is 14.9. The van der Waals surface area contributed by atoms with Gasteiger partial charge < -0.3 is 0 Å². The van der Waals surface area contributed by atoms with E-state index < -0.39 is 0 Å². The summed E-state index contributed by atoms with van der Waals surface area (Å²) in [6.45, 7) is 4.31. The first-order valence-electron chi connectivity index (χ1n) is 5.54. The van der Waals surface area contributed by atoms with Gasteiger partial charge in [-0.2, -0.15) is 5.26 Å². The van der Waals surface area contributed by atoms with Crippen molar-refractivity contribution in [3.8, 4) is 17.5 Å². The predicted octanol–water partition coefficient (Wildman–Crippen LogP) is 3.14. The van der Waals surface area contributed by atoms with Gasteiger partial charge >= 0.3 is 0 Å². The van der Waals surface area contributed by atoms with Crippen molar-refractivity contribution in [1.29, 1.82) is 5.26 Å². The van der Waals surface area contributed by atoms with Crippen LogP contribution in [0.25, 0.3) is 11.4 Å². The van der Waals surface area contributed by atoms with E-state index in [1.807, 2.05) is 18.2 Å². The van der Waals surface area contributed by atoms with Gasteiger partial charge in [-0.25, -0.2) is 9.97 Å². The summed E-state index contributed by atoms with van der Waals surface area (Å²) in [6.07, 6.45) is 1.61. The second-order valence-corrected chi connectivity index (χ2v) is 4.15. The second kappa shape index (κ2) is 4.75. The molecule has 1 heterocycles. The minimum atomic E-state index is 0.392. The van der Waals surface area contributed by atoms with Gasteiger partial charge in [-0.05, 0) is 17.5 Å². The lowest BCUT2D eigenvalue weighted by atomic mass is 10.0. The first kappa shape index (κ1) is 11.3. The average Bonchev–Trinajstić information content (AvgIpc) is 2.39. The monoisotopic (exact) mass is 223 g/mol. The van der Waals surface area contributed by atoms with Crippen LogP contribution in [0.15, 0.2) is 36.5 Å². The Morgan fingerprint density at radius 1 is 1.12 bits per heavy atom. The largest absolute Gasteiger partial charge is 0.236 e. The van der Waals surface area contributed by atoms with E-state index in [1.54, 1.807) is 12.3 Å². The Hall–Kier alpha value is -2.21. The van der Waals surface area contributed by atoms with Crippen LogP contribution in [0, 0.1) is 11.3 Å². The maximum Gasteiger partial charge on any atom is 0.160 e. The van der Waals surface area contributed by atoms with Gasteiger partial charge in [-0.1, -0.05) is 38.1 Å². The SMILES string of the molecule is CC(C)c1ccc(-c2nccc(C#N)n2)cc1. The molecule has 0 aliphatic heterocycles. The minimum Gasteiger partial charge on any atom is -0.236 e.